The molecule has 1 aromatic carbocycles. The Morgan fingerprint density at radius 2 is 2.00 bits per heavy atom. The number of benzene rings is 1. The number of fused-ring (bicyclic) bond motifs is 1. The monoisotopic (exact) mass is 248 g/mol. The van der Waals surface area contributed by atoms with Crippen molar-refractivity contribution < 1.29 is 9.59 Å². The predicted octanol–water partition coefficient (Wildman–Crippen LogP) is 2.48. The standard InChI is InChI=1S/C12H12N2O2S/c1-8(15)14-11-6-4-3-5-10(11)13-12(14)7-17-9(2)16/h3-6H,7H2,1-2H3. The zero-order valence-electron chi connectivity index (χ0n) is 9.64. The van der Waals surface area contributed by atoms with Gasteiger partial charge in [-0.1, -0.05) is 23.9 Å². The molecular formula is C12H12N2O2S. The Balaban J connectivity index is 2.50. The minimum Gasteiger partial charge on any atom is -0.288 e. The Morgan fingerprint density at radius 3 is 2.65 bits per heavy atom. The lowest BCUT2D eigenvalue weighted by Gasteiger charge is -2.02. The van der Waals surface area contributed by atoms with E-state index in [0.717, 1.165) is 22.8 Å². The molecule has 5 heteroatoms. The quantitative estimate of drug-likeness (QED) is 0.819. The molecule has 0 atom stereocenters. The van der Waals surface area contributed by atoms with Crippen LogP contribution in [-0.2, 0) is 10.5 Å². The second-order valence-electron chi connectivity index (χ2n) is 3.65. The molecule has 0 bridgehead atoms. The highest BCUT2D eigenvalue weighted by atomic mass is 32.2. The van der Waals surface area contributed by atoms with Crippen LogP contribution in [0.4, 0.5) is 0 Å². The van der Waals surface area contributed by atoms with Crippen molar-refractivity contribution in [2.45, 2.75) is 19.6 Å². The van der Waals surface area contributed by atoms with Crippen molar-refractivity contribution in [3.05, 3.63) is 30.1 Å². The smallest absolute Gasteiger partial charge is 0.229 e. The molecule has 0 saturated carbocycles. The summed E-state index contributed by atoms with van der Waals surface area (Å²) in [5.74, 6) is 0.959. The summed E-state index contributed by atoms with van der Waals surface area (Å²) >= 11 is 1.16. The number of hydrogen-bond donors (Lipinski definition) is 0. The minimum absolute atomic E-state index is 0.0205. The summed E-state index contributed by atoms with van der Waals surface area (Å²) in [4.78, 5) is 26.9. The fourth-order valence-corrected chi connectivity index (χ4v) is 2.22. The zero-order chi connectivity index (χ0) is 12.4. The zero-order valence-corrected chi connectivity index (χ0v) is 10.5. The summed E-state index contributed by atoms with van der Waals surface area (Å²) in [7, 11) is 0. The van der Waals surface area contributed by atoms with E-state index in [1.807, 2.05) is 24.3 Å². The number of thioether (sulfide) groups is 1. The van der Waals surface area contributed by atoms with Crippen LogP contribution >= 0.6 is 11.8 Å². The van der Waals surface area contributed by atoms with Crippen molar-refractivity contribution in [2.75, 3.05) is 0 Å². The fraction of sp³-hybridized carbons (Fsp3) is 0.250. The van der Waals surface area contributed by atoms with Gasteiger partial charge in [0.05, 0.1) is 16.8 Å². The first-order valence-corrected chi connectivity index (χ1v) is 6.19. The second kappa shape index (κ2) is 4.71. The van der Waals surface area contributed by atoms with Crippen LogP contribution in [0.2, 0.25) is 0 Å². The van der Waals surface area contributed by atoms with Crippen LogP contribution in [0.5, 0.6) is 0 Å². The molecule has 0 aliphatic heterocycles. The molecule has 0 spiro atoms. The SMILES string of the molecule is CC(=O)SCc1nc2ccccc2n1C(C)=O. The van der Waals surface area contributed by atoms with E-state index in [1.54, 1.807) is 4.57 Å². The topological polar surface area (TPSA) is 52.0 Å². The Morgan fingerprint density at radius 1 is 1.29 bits per heavy atom. The van der Waals surface area contributed by atoms with Gasteiger partial charge in [-0.3, -0.25) is 14.2 Å². The van der Waals surface area contributed by atoms with Crippen molar-refractivity contribution in [3.63, 3.8) is 0 Å². The molecule has 0 aliphatic rings. The van der Waals surface area contributed by atoms with E-state index >= 15 is 0 Å². The minimum atomic E-state index is -0.0853. The highest BCUT2D eigenvalue weighted by molar-refractivity contribution is 8.12. The summed E-state index contributed by atoms with van der Waals surface area (Å²) in [5, 5.41) is 0.0205. The number of hydrogen-bond acceptors (Lipinski definition) is 4. The summed E-state index contributed by atoms with van der Waals surface area (Å²) in [6, 6.07) is 7.45. The van der Waals surface area contributed by atoms with Crippen LogP contribution in [-0.4, -0.2) is 20.6 Å². The molecule has 17 heavy (non-hydrogen) atoms. The summed E-state index contributed by atoms with van der Waals surface area (Å²) in [6.45, 7) is 3.00. The van der Waals surface area contributed by atoms with Crippen LogP contribution in [0.1, 0.15) is 24.5 Å². The van der Waals surface area contributed by atoms with Crippen LogP contribution in [0, 0.1) is 0 Å². The van der Waals surface area contributed by atoms with Gasteiger partial charge in [-0.2, -0.15) is 0 Å². The van der Waals surface area contributed by atoms with Crippen molar-refractivity contribution in [3.8, 4) is 0 Å². The van der Waals surface area contributed by atoms with E-state index in [4.69, 9.17) is 0 Å². The fourth-order valence-electron chi connectivity index (χ4n) is 1.69. The van der Waals surface area contributed by atoms with Gasteiger partial charge in [-0.05, 0) is 12.1 Å². The maximum absolute atomic E-state index is 11.6. The van der Waals surface area contributed by atoms with Crippen molar-refractivity contribution in [2.24, 2.45) is 0 Å². The maximum Gasteiger partial charge on any atom is 0.229 e. The molecule has 88 valence electrons. The molecule has 0 aliphatic carbocycles. The average Bonchev–Trinajstić information content (AvgIpc) is 2.64. The number of carbonyl (C=O) groups is 2. The van der Waals surface area contributed by atoms with Crippen molar-refractivity contribution in [1.82, 2.24) is 9.55 Å². The van der Waals surface area contributed by atoms with E-state index in [2.05, 4.69) is 4.98 Å². The molecule has 2 rings (SSSR count). The third-order valence-corrected chi connectivity index (χ3v) is 3.16. The Labute approximate surface area is 103 Å². The van der Waals surface area contributed by atoms with Gasteiger partial charge < -0.3 is 0 Å². The van der Waals surface area contributed by atoms with Gasteiger partial charge in [0.15, 0.2) is 5.12 Å². The molecule has 4 nitrogen and oxygen atoms in total. The van der Waals surface area contributed by atoms with Gasteiger partial charge in [-0.25, -0.2) is 4.98 Å². The number of aromatic nitrogens is 2. The number of para-hydroxylation sites is 2. The molecule has 0 unspecified atom stereocenters. The predicted molar refractivity (Wildman–Crippen MR) is 68.0 cm³/mol. The molecule has 1 aromatic heterocycles. The van der Waals surface area contributed by atoms with Gasteiger partial charge in [-0.15, -0.1) is 0 Å². The van der Waals surface area contributed by atoms with E-state index in [-0.39, 0.29) is 11.0 Å². The van der Waals surface area contributed by atoms with Crippen LogP contribution in [0.15, 0.2) is 24.3 Å². The van der Waals surface area contributed by atoms with Gasteiger partial charge in [0.2, 0.25) is 5.91 Å². The lowest BCUT2D eigenvalue weighted by molar-refractivity contribution is -0.109. The Hall–Kier alpha value is -1.62. The molecule has 0 radical (unpaired) electrons. The number of rotatable bonds is 2. The Bertz CT molecular complexity index is 589. The van der Waals surface area contributed by atoms with E-state index in [9.17, 15) is 9.59 Å². The van der Waals surface area contributed by atoms with Crippen LogP contribution < -0.4 is 0 Å². The molecule has 0 fully saturated rings. The third kappa shape index (κ3) is 2.39. The first kappa shape index (κ1) is 11.9. The average molecular weight is 248 g/mol. The summed E-state index contributed by atoms with van der Waals surface area (Å²) in [6.07, 6.45) is 0. The highest BCUT2D eigenvalue weighted by Gasteiger charge is 2.13. The molecule has 0 N–H and O–H groups in total. The number of carbonyl (C=O) groups excluding carboxylic acids is 2. The van der Waals surface area contributed by atoms with Crippen molar-refractivity contribution in [1.29, 1.82) is 0 Å². The van der Waals surface area contributed by atoms with Crippen LogP contribution in [0.3, 0.4) is 0 Å². The Kier molecular flexibility index (Phi) is 3.28. The molecule has 0 amide bonds. The number of nitrogens with zero attached hydrogens (tertiary/aromatic N) is 2. The largest absolute Gasteiger partial charge is 0.288 e. The lowest BCUT2D eigenvalue weighted by Crippen LogP contribution is -2.09. The second-order valence-corrected chi connectivity index (χ2v) is 4.80. The molecule has 1 heterocycles. The van der Waals surface area contributed by atoms with E-state index in [1.165, 1.54) is 13.8 Å². The number of imidazole rings is 1. The molecule has 2 aromatic rings. The maximum atomic E-state index is 11.6. The third-order valence-electron chi connectivity index (χ3n) is 2.35. The highest BCUT2D eigenvalue weighted by Crippen LogP contribution is 2.19. The van der Waals surface area contributed by atoms with Crippen LogP contribution in [0.25, 0.3) is 11.0 Å². The first-order chi connectivity index (χ1) is 8.09. The van der Waals surface area contributed by atoms with Gasteiger partial charge >= 0.3 is 0 Å². The van der Waals surface area contributed by atoms with Crippen molar-refractivity contribution >= 4 is 33.8 Å². The van der Waals surface area contributed by atoms with E-state index in [0.29, 0.717) is 11.6 Å². The lowest BCUT2D eigenvalue weighted by atomic mass is 10.3. The molecular weight excluding hydrogens is 236 g/mol. The van der Waals surface area contributed by atoms with E-state index < -0.39 is 0 Å². The normalized spacial score (nSPS) is 10.7. The van der Waals surface area contributed by atoms with Gasteiger partial charge in [0.1, 0.15) is 5.82 Å². The first-order valence-electron chi connectivity index (χ1n) is 5.20. The van der Waals surface area contributed by atoms with Gasteiger partial charge in [0, 0.05) is 13.8 Å². The summed E-state index contributed by atoms with van der Waals surface area (Å²) < 4.78 is 1.56. The summed E-state index contributed by atoms with van der Waals surface area (Å²) in [5.41, 5.74) is 1.57. The molecule has 0 saturated heterocycles. The van der Waals surface area contributed by atoms with Gasteiger partial charge in [0.25, 0.3) is 0 Å².